The molecule has 0 saturated carbocycles. The maximum atomic E-state index is 12.1. The first-order valence-corrected chi connectivity index (χ1v) is 10.1. The molecule has 0 radical (unpaired) electrons. The number of rotatable bonds is 4. The molecule has 2 aromatic carbocycles. The highest BCUT2D eigenvalue weighted by molar-refractivity contribution is 9.10. The van der Waals surface area contributed by atoms with Crippen molar-refractivity contribution in [1.29, 1.82) is 0 Å². The predicted octanol–water partition coefficient (Wildman–Crippen LogP) is 5.46. The van der Waals surface area contributed by atoms with E-state index in [9.17, 15) is 9.59 Å². The Morgan fingerprint density at radius 2 is 1.82 bits per heavy atom. The second kappa shape index (κ2) is 7.95. The maximum Gasteiger partial charge on any atom is 0.338 e. The van der Waals surface area contributed by atoms with Crippen molar-refractivity contribution >= 4 is 39.2 Å². The Morgan fingerprint density at radius 3 is 2.43 bits per heavy atom. The van der Waals surface area contributed by atoms with Gasteiger partial charge in [0, 0.05) is 17.1 Å². The summed E-state index contributed by atoms with van der Waals surface area (Å²) in [5.41, 5.74) is 4.23. The molecule has 0 fully saturated rings. The third kappa shape index (κ3) is 4.93. The number of carbonyl (C=O) groups excluding carboxylic acids is 2. The number of esters is 1. The van der Waals surface area contributed by atoms with E-state index in [0.717, 1.165) is 28.7 Å². The average Bonchev–Trinajstić information content (AvgIpc) is 2.95. The number of fused-ring (bicyclic) bond motifs is 1. The first-order valence-electron chi connectivity index (χ1n) is 9.32. The third-order valence-electron chi connectivity index (χ3n) is 4.48. The molecule has 0 spiro atoms. The monoisotopic (exact) mass is 444 g/mol. The van der Waals surface area contributed by atoms with Crippen molar-refractivity contribution in [3.8, 4) is 0 Å². The largest absolute Gasteiger partial charge is 0.456 e. The maximum absolute atomic E-state index is 12.1. The standard InChI is InChI=1S/C22H25BrN2O3/c1-13(26)24-20-11-15-7-10-19(17(15)12-18(20)23)25-16-8-5-14(6-9-16)21(27)28-22(2,3)4/h5-6,8-9,11-12,19,25H,7,10H2,1-4H3,(H,24,26). The Labute approximate surface area is 174 Å². The number of ether oxygens (including phenoxy) is 1. The summed E-state index contributed by atoms with van der Waals surface area (Å²) in [7, 11) is 0. The first kappa shape index (κ1) is 20.4. The van der Waals surface area contributed by atoms with Crippen molar-refractivity contribution in [2.24, 2.45) is 0 Å². The lowest BCUT2D eigenvalue weighted by molar-refractivity contribution is -0.114. The molecule has 1 amide bonds. The number of amides is 1. The van der Waals surface area contributed by atoms with Gasteiger partial charge in [0.2, 0.25) is 5.91 Å². The minimum absolute atomic E-state index is 0.0848. The fourth-order valence-corrected chi connectivity index (χ4v) is 3.77. The quantitative estimate of drug-likeness (QED) is 0.614. The normalized spacial score (nSPS) is 15.7. The molecule has 0 bridgehead atoms. The number of aryl methyl sites for hydroxylation is 1. The van der Waals surface area contributed by atoms with Crippen molar-refractivity contribution in [1.82, 2.24) is 0 Å². The molecule has 0 aromatic heterocycles. The molecule has 148 valence electrons. The summed E-state index contributed by atoms with van der Waals surface area (Å²) in [5.74, 6) is -0.405. The molecule has 6 heteroatoms. The molecule has 1 unspecified atom stereocenters. The van der Waals surface area contributed by atoms with Crippen molar-refractivity contribution in [2.75, 3.05) is 10.6 Å². The van der Waals surface area contributed by atoms with Gasteiger partial charge in [-0.1, -0.05) is 0 Å². The zero-order valence-electron chi connectivity index (χ0n) is 16.6. The molecule has 2 N–H and O–H groups in total. The number of anilines is 2. The van der Waals surface area contributed by atoms with Crippen LogP contribution in [0.25, 0.3) is 0 Å². The van der Waals surface area contributed by atoms with Crippen LogP contribution in [0.1, 0.15) is 61.6 Å². The van der Waals surface area contributed by atoms with E-state index in [0.29, 0.717) is 5.56 Å². The molecule has 5 nitrogen and oxygen atoms in total. The number of benzene rings is 2. The number of halogens is 1. The van der Waals surface area contributed by atoms with E-state index in [1.807, 2.05) is 39.0 Å². The minimum Gasteiger partial charge on any atom is -0.456 e. The van der Waals surface area contributed by atoms with Gasteiger partial charge in [-0.25, -0.2) is 4.79 Å². The smallest absolute Gasteiger partial charge is 0.338 e. The van der Waals surface area contributed by atoms with E-state index in [2.05, 4.69) is 32.6 Å². The van der Waals surface area contributed by atoms with Crippen LogP contribution < -0.4 is 10.6 Å². The summed E-state index contributed by atoms with van der Waals surface area (Å²) in [4.78, 5) is 23.5. The van der Waals surface area contributed by atoms with Crippen molar-refractivity contribution in [3.05, 3.63) is 57.6 Å². The molecule has 3 rings (SSSR count). The molecular formula is C22H25BrN2O3. The van der Waals surface area contributed by atoms with E-state index in [-0.39, 0.29) is 17.9 Å². The van der Waals surface area contributed by atoms with Crippen molar-refractivity contribution < 1.29 is 14.3 Å². The molecular weight excluding hydrogens is 420 g/mol. The zero-order valence-corrected chi connectivity index (χ0v) is 18.1. The number of hydrogen-bond donors (Lipinski definition) is 2. The van der Waals surface area contributed by atoms with E-state index in [1.165, 1.54) is 18.1 Å². The van der Waals surface area contributed by atoms with Gasteiger partial charge in [0.15, 0.2) is 0 Å². The lowest BCUT2D eigenvalue weighted by Crippen LogP contribution is -2.23. The third-order valence-corrected chi connectivity index (χ3v) is 5.13. The predicted molar refractivity (Wildman–Crippen MR) is 115 cm³/mol. The Hall–Kier alpha value is -2.34. The summed E-state index contributed by atoms with van der Waals surface area (Å²) >= 11 is 3.55. The zero-order chi connectivity index (χ0) is 20.5. The van der Waals surface area contributed by atoms with Crippen LogP contribution in [-0.4, -0.2) is 17.5 Å². The summed E-state index contributed by atoms with van der Waals surface area (Å²) in [6, 6.07) is 11.7. The molecule has 1 aliphatic rings. The summed E-state index contributed by atoms with van der Waals surface area (Å²) in [5, 5.41) is 6.39. The highest BCUT2D eigenvalue weighted by Crippen LogP contribution is 2.38. The average molecular weight is 445 g/mol. The fraction of sp³-hybridized carbons (Fsp3) is 0.364. The number of hydrogen-bond acceptors (Lipinski definition) is 4. The van der Waals surface area contributed by atoms with Crippen LogP contribution in [0.15, 0.2) is 40.9 Å². The molecule has 0 heterocycles. The molecule has 2 aromatic rings. The van der Waals surface area contributed by atoms with Crippen LogP contribution in [0.3, 0.4) is 0 Å². The Bertz CT molecular complexity index is 901. The van der Waals surface area contributed by atoms with Crippen LogP contribution in [0, 0.1) is 0 Å². The summed E-state index contributed by atoms with van der Waals surface area (Å²) < 4.78 is 6.27. The van der Waals surface area contributed by atoms with Gasteiger partial charge < -0.3 is 15.4 Å². The van der Waals surface area contributed by atoms with Gasteiger partial charge in [-0.05, 0) is 97.1 Å². The van der Waals surface area contributed by atoms with Gasteiger partial charge >= 0.3 is 5.97 Å². The molecule has 0 saturated heterocycles. The van der Waals surface area contributed by atoms with E-state index in [1.54, 1.807) is 12.1 Å². The van der Waals surface area contributed by atoms with E-state index < -0.39 is 5.60 Å². The highest BCUT2D eigenvalue weighted by Gasteiger charge is 2.24. The van der Waals surface area contributed by atoms with Gasteiger partial charge in [-0.2, -0.15) is 0 Å². The number of nitrogens with one attached hydrogen (secondary N) is 2. The van der Waals surface area contributed by atoms with E-state index >= 15 is 0 Å². The lowest BCUT2D eigenvalue weighted by atomic mass is 10.1. The second-order valence-corrected chi connectivity index (χ2v) is 8.88. The first-order chi connectivity index (χ1) is 13.1. The topological polar surface area (TPSA) is 67.4 Å². The van der Waals surface area contributed by atoms with E-state index in [4.69, 9.17) is 4.74 Å². The summed E-state index contributed by atoms with van der Waals surface area (Å²) in [6.07, 6.45) is 1.92. The van der Waals surface area contributed by atoms with Crippen LogP contribution >= 0.6 is 15.9 Å². The van der Waals surface area contributed by atoms with Gasteiger partial charge in [0.1, 0.15) is 5.60 Å². The second-order valence-electron chi connectivity index (χ2n) is 8.03. The molecule has 0 aliphatic heterocycles. The molecule has 1 atom stereocenters. The number of carbonyl (C=O) groups is 2. The Morgan fingerprint density at radius 1 is 1.14 bits per heavy atom. The Kier molecular flexibility index (Phi) is 5.79. The van der Waals surface area contributed by atoms with Crippen LogP contribution in [0.4, 0.5) is 11.4 Å². The van der Waals surface area contributed by atoms with Gasteiger partial charge in [0.05, 0.1) is 17.3 Å². The van der Waals surface area contributed by atoms with Crippen molar-refractivity contribution in [3.63, 3.8) is 0 Å². The lowest BCUT2D eigenvalue weighted by Gasteiger charge is -2.20. The molecule has 1 aliphatic carbocycles. The van der Waals surface area contributed by atoms with Gasteiger partial charge in [-0.15, -0.1) is 0 Å². The van der Waals surface area contributed by atoms with Crippen LogP contribution in [0.2, 0.25) is 0 Å². The highest BCUT2D eigenvalue weighted by atomic mass is 79.9. The Balaban J connectivity index is 1.72. The van der Waals surface area contributed by atoms with Gasteiger partial charge in [0.25, 0.3) is 0 Å². The van der Waals surface area contributed by atoms with Crippen LogP contribution in [-0.2, 0) is 16.0 Å². The molecule has 28 heavy (non-hydrogen) atoms. The van der Waals surface area contributed by atoms with Crippen molar-refractivity contribution in [2.45, 2.75) is 52.2 Å². The summed E-state index contributed by atoms with van der Waals surface area (Å²) in [6.45, 7) is 7.07. The van der Waals surface area contributed by atoms with Crippen LogP contribution in [0.5, 0.6) is 0 Å². The fourth-order valence-electron chi connectivity index (χ4n) is 3.31. The minimum atomic E-state index is -0.509. The SMILES string of the molecule is CC(=O)Nc1cc2c(cc1Br)C(Nc1ccc(C(=O)OC(C)(C)C)cc1)CC2. The van der Waals surface area contributed by atoms with Gasteiger partial charge in [-0.3, -0.25) is 4.79 Å².